The van der Waals surface area contributed by atoms with E-state index in [1.54, 1.807) is 42.5 Å². The van der Waals surface area contributed by atoms with Gasteiger partial charge in [0.1, 0.15) is 0 Å². The van der Waals surface area contributed by atoms with E-state index < -0.39 is 5.97 Å². The zero-order valence-electron chi connectivity index (χ0n) is 13.6. The molecule has 0 fully saturated rings. The fourth-order valence-corrected chi connectivity index (χ4v) is 2.95. The Morgan fingerprint density at radius 3 is 2.56 bits per heavy atom. The molecule has 25 heavy (non-hydrogen) atoms. The molecule has 0 saturated carbocycles. The van der Waals surface area contributed by atoms with Crippen LogP contribution >= 0.6 is 11.8 Å². The molecular weight excluding hydrogens is 340 g/mol. The lowest BCUT2D eigenvalue weighted by molar-refractivity contribution is -0.113. The van der Waals surface area contributed by atoms with Crippen LogP contribution in [0.25, 0.3) is 0 Å². The van der Waals surface area contributed by atoms with E-state index >= 15 is 0 Å². The summed E-state index contributed by atoms with van der Waals surface area (Å²) in [5, 5.41) is 14.5. The Labute approximate surface area is 149 Å². The molecule has 0 spiro atoms. The van der Waals surface area contributed by atoms with Crippen molar-refractivity contribution in [2.45, 2.75) is 11.8 Å². The maximum absolute atomic E-state index is 12.1. The molecule has 0 radical (unpaired) electrons. The van der Waals surface area contributed by atoms with Crippen LogP contribution in [-0.2, 0) is 4.79 Å². The lowest BCUT2D eigenvalue weighted by atomic mass is 10.2. The highest BCUT2D eigenvalue weighted by atomic mass is 32.2. The van der Waals surface area contributed by atoms with E-state index in [0.29, 0.717) is 22.7 Å². The minimum absolute atomic E-state index is 0.0652. The molecule has 0 aliphatic rings. The summed E-state index contributed by atoms with van der Waals surface area (Å²) in [6.07, 6.45) is 0. The number of amides is 2. The number of nitrogens with one attached hydrogen (secondary N) is 2. The van der Waals surface area contributed by atoms with E-state index in [4.69, 9.17) is 5.11 Å². The summed E-state index contributed by atoms with van der Waals surface area (Å²) in [5.74, 6) is -1.45. The van der Waals surface area contributed by atoms with E-state index in [9.17, 15) is 14.4 Å². The number of rotatable bonds is 7. The average Bonchev–Trinajstić information content (AvgIpc) is 2.60. The van der Waals surface area contributed by atoms with Gasteiger partial charge in [0.05, 0.1) is 11.3 Å². The first kappa shape index (κ1) is 18.5. The predicted octanol–water partition coefficient (Wildman–Crippen LogP) is 2.87. The number of hydrogen-bond donors (Lipinski definition) is 3. The molecule has 0 aliphatic heterocycles. The van der Waals surface area contributed by atoms with Crippen molar-refractivity contribution in [3.8, 4) is 0 Å². The van der Waals surface area contributed by atoms with E-state index in [1.807, 2.05) is 6.92 Å². The van der Waals surface area contributed by atoms with Crippen LogP contribution in [0.2, 0.25) is 0 Å². The first-order chi connectivity index (χ1) is 12.0. The molecule has 0 aliphatic carbocycles. The van der Waals surface area contributed by atoms with Gasteiger partial charge in [-0.3, -0.25) is 9.59 Å². The molecule has 0 atom stereocenters. The van der Waals surface area contributed by atoms with Crippen LogP contribution < -0.4 is 10.6 Å². The molecule has 0 heterocycles. The number of carboxylic acids is 1. The number of carbonyl (C=O) groups excluding carboxylic acids is 2. The highest BCUT2D eigenvalue weighted by molar-refractivity contribution is 8.00. The molecule has 0 bridgehead atoms. The number of anilines is 1. The molecular formula is C18H18N2O4S. The summed E-state index contributed by atoms with van der Waals surface area (Å²) in [4.78, 5) is 35.6. The number of carbonyl (C=O) groups is 3. The summed E-state index contributed by atoms with van der Waals surface area (Å²) >= 11 is 1.15. The Balaban J connectivity index is 1.98. The standard InChI is InChI=1S/C18H18N2O4S/c1-2-19-17(22)12-6-5-7-13(10-12)20-16(21)11-25-15-9-4-3-8-14(15)18(23)24/h3-10H,2,11H2,1H3,(H,19,22)(H,20,21)(H,23,24). The fourth-order valence-electron chi connectivity index (χ4n) is 2.11. The van der Waals surface area contributed by atoms with Crippen molar-refractivity contribution in [2.24, 2.45) is 0 Å². The first-order valence-corrected chi connectivity index (χ1v) is 8.63. The lowest BCUT2D eigenvalue weighted by Crippen LogP contribution is -2.23. The minimum atomic E-state index is -1.03. The normalized spacial score (nSPS) is 10.1. The van der Waals surface area contributed by atoms with Crippen LogP contribution in [0.3, 0.4) is 0 Å². The van der Waals surface area contributed by atoms with Crippen molar-refractivity contribution in [1.29, 1.82) is 0 Å². The molecule has 2 aromatic rings. The van der Waals surface area contributed by atoms with Gasteiger partial charge in [-0.1, -0.05) is 18.2 Å². The van der Waals surface area contributed by atoms with E-state index in [1.165, 1.54) is 6.07 Å². The molecule has 2 aromatic carbocycles. The van der Waals surface area contributed by atoms with Crippen molar-refractivity contribution in [1.82, 2.24) is 5.32 Å². The average molecular weight is 358 g/mol. The SMILES string of the molecule is CCNC(=O)c1cccc(NC(=O)CSc2ccccc2C(=O)O)c1. The van der Waals surface area contributed by atoms with Crippen LogP contribution in [-0.4, -0.2) is 35.2 Å². The number of aromatic carboxylic acids is 1. The van der Waals surface area contributed by atoms with Gasteiger partial charge >= 0.3 is 5.97 Å². The maximum atomic E-state index is 12.1. The zero-order valence-corrected chi connectivity index (χ0v) is 14.4. The highest BCUT2D eigenvalue weighted by Gasteiger charge is 2.12. The fraction of sp³-hybridized carbons (Fsp3) is 0.167. The van der Waals surface area contributed by atoms with Crippen molar-refractivity contribution in [2.75, 3.05) is 17.6 Å². The van der Waals surface area contributed by atoms with E-state index in [-0.39, 0.29) is 23.1 Å². The molecule has 3 N–H and O–H groups in total. The van der Waals surface area contributed by atoms with Crippen LogP contribution in [0.15, 0.2) is 53.4 Å². The molecule has 0 unspecified atom stereocenters. The second-order valence-corrected chi connectivity index (χ2v) is 6.10. The van der Waals surface area contributed by atoms with E-state index in [2.05, 4.69) is 10.6 Å². The first-order valence-electron chi connectivity index (χ1n) is 7.64. The number of thioether (sulfide) groups is 1. The Morgan fingerprint density at radius 1 is 1.08 bits per heavy atom. The van der Waals surface area contributed by atoms with Gasteiger partial charge in [0.2, 0.25) is 5.91 Å². The molecule has 130 valence electrons. The van der Waals surface area contributed by atoms with Crippen molar-refractivity contribution < 1.29 is 19.5 Å². The largest absolute Gasteiger partial charge is 0.478 e. The van der Waals surface area contributed by atoms with Crippen molar-refractivity contribution >= 4 is 35.2 Å². The monoisotopic (exact) mass is 358 g/mol. The zero-order chi connectivity index (χ0) is 18.2. The third-order valence-corrected chi connectivity index (χ3v) is 4.30. The summed E-state index contributed by atoms with van der Waals surface area (Å²) in [7, 11) is 0. The van der Waals surface area contributed by atoms with Gasteiger partial charge in [-0.2, -0.15) is 0 Å². The summed E-state index contributed by atoms with van der Waals surface area (Å²) in [5.41, 5.74) is 1.14. The number of benzene rings is 2. The quantitative estimate of drug-likeness (QED) is 0.662. The highest BCUT2D eigenvalue weighted by Crippen LogP contribution is 2.23. The van der Waals surface area contributed by atoms with Gasteiger partial charge in [0.25, 0.3) is 5.91 Å². The smallest absolute Gasteiger partial charge is 0.336 e. The molecule has 7 heteroatoms. The van der Waals surface area contributed by atoms with Crippen molar-refractivity contribution in [3.05, 3.63) is 59.7 Å². The van der Waals surface area contributed by atoms with Gasteiger partial charge in [-0.15, -0.1) is 11.8 Å². The number of hydrogen-bond acceptors (Lipinski definition) is 4. The second kappa shape index (κ2) is 8.89. The maximum Gasteiger partial charge on any atom is 0.336 e. The van der Waals surface area contributed by atoms with Gasteiger partial charge < -0.3 is 15.7 Å². The van der Waals surface area contributed by atoms with Gasteiger partial charge in [0.15, 0.2) is 0 Å². The Hall–Kier alpha value is -2.80. The lowest BCUT2D eigenvalue weighted by Gasteiger charge is -2.08. The van der Waals surface area contributed by atoms with Gasteiger partial charge in [0, 0.05) is 22.7 Å². The van der Waals surface area contributed by atoms with Crippen LogP contribution in [0, 0.1) is 0 Å². The predicted molar refractivity (Wildman–Crippen MR) is 97.2 cm³/mol. The number of carboxylic acid groups (broad SMARTS) is 1. The summed E-state index contributed by atoms with van der Waals surface area (Å²) in [6, 6.07) is 13.2. The van der Waals surface area contributed by atoms with Gasteiger partial charge in [-0.05, 0) is 37.3 Å². The van der Waals surface area contributed by atoms with Gasteiger partial charge in [-0.25, -0.2) is 4.79 Å². The molecule has 0 saturated heterocycles. The van der Waals surface area contributed by atoms with Crippen LogP contribution in [0.1, 0.15) is 27.6 Å². The third kappa shape index (κ3) is 5.36. The van der Waals surface area contributed by atoms with Crippen LogP contribution in [0.5, 0.6) is 0 Å². The Bertz CT molecular complexity index is 792. The minimum Gasteiger partial charge on any atom is -0.478 e. The Morgan fingerprint density at radius 2 is 1.84 bits per heavy atom. The molecule has 2 amide bonds. The molecule has 6 nitrogen and oxygen atoms in total. The molecule has 0 aromatic heterocycles. The van der Waals surface area contributed by atoms with Crippen molar-refractivity contribution in [3.63, 3.8) is 0 Å². The van der Waals surface area contributed by atoms with E-state index in [0.717, 1.165) is 11.8 Å². The summed E-state index contributed by atoms with van der Waals surface area (Å²) in [6.45, 7) is 2.35. The molecule has 2 rings (SSSR count). The summed E-state index contributed by atoms with van der Waals surface area (Å²) < 4.78 is 0. The Kier molecular flexibility index (Phi) is 6.59. The topological polar surface area (TPSA) is 95.5 Å². The van der Waals surface area contributed by atoms with Crippen LogP contribution in [0.4, 0.5) is 5.69 Å². The third-order valence-electron chi connectivity index (χ3n) is 3.22. The second-order valence-electron chi connectivity index (χ2n) is 5.08.